The monoisotopic (exact) mass is 214 g/mol. The molecule has 0 saturated carbocycles. The van der Waals surface area contributed by atoms with Gasteiger partial charge in [-0.2, -0.15) is 11.8 Å². The molecule has 1 fully saturated rings. The number of hydrogen-bond acceptors (Lipinski definition) is 6. The van der Waals surface area contributed by atoms with Crippen LogP contribution in [0.4, 0.5) is 6.01 Å². The van der Waals surface area contributed by atoms with Crippen LogP contribution in [0.25, 0.3) is 0 Å². The summed E-state index contributed by atoms with van der Waals surface area (Å²) >= 11 is 1.96. The van der Waals surface area contributed by atoms with Gasteiger partial charge in [0.25, 0.3) is 0 Å². The molecular weight excluding hydrogens is 200 g/mol. The molecule has 1 aliphatic rings. The average Bonchev–Trinajstić information content (AvgIpc) is 2.67. The van der Waals surface area contributed by atoms with Gasteiger partial charge in [0.1, 0.15) is 0 Å². The Bertz CT molecular complexity index is 285. The zero-order valence-corrected chi connectivity index (χ0v) is 8.72. The molecule has 5 nitrogen and oxygen atoms in total. The Hall–Kier alpha value is -0.750. The summed E-state index contributed by atoms with van der Waals surface area (Å²) in [6.45, 7) is 0.300. The first kappa shape index (κ1) is 9.79. The van der Waals surface area contributed by atoms with Crippen molar-refractivity contribution in [1.82, 2.24) is 10.2 Å². The lowest BCUT2D eigenvalue weighted by atomic mass is 10.2. The van der Waals surface area contributed by atoms with Crippen molar-refractivity contribution in [2.24, 2.45) is 5.73 Å². The summed E-state index contributed by atoms with van der Waals surface area (Å²) in [6, 6.07) is 0.956. The van der Waals surface area contributed by atoms with Crippen LogP contribution in [0.5, 0.6) is 0 Å². The topological polar surface area (TPSA) is 77.0 Å². The van der Waals surface area contributed by atoms with Crippen LogP contribution in [0.1, 0.15) is 18.7 Å². The van der Waals surface area contributed by atoms with E-state index in [0.29, 0.717) is 24.5 Å². The second-order valence-corrected chi connectivity index (χ2v) is 4.41. The van der Waals surface area contributed by atoms with E-state index in [1.165, 1.54) is 18.6 Å². The third-order valence-electron chi connectivity index (χ3n) is 2.13. The van der Waals surface area contributed by atoms with Crippen LogP contribution in [0.2, 0.25) is 0 Å². The van der Waals surface area contributed by atoms with Crippen molar-refractivity contribution < 1.29 is 4.42 Å². The number of hydrogen-bond donors (Lipinski definition) is 2. The van der Waals surface area contributed by atoms with Gasteiger partial charge < -0.3 is 15.5 Å². The van der Waals surface area contributed by atoms with E-state index in [4.69, 9.17) is 10.2 Å². The SMILES string of the molecule is NCc1nnc(NC2CCCSC2)o1. The highest BCUT2D eigenvalue weighted by molar-refractivity contribution is 7.99. The standard InChI is InChI=1S/C8H14N4OS/c9-4-7-11-12-8(13-7)10-6-2-1-3-14-5-6/h6H,1-5,9H2,(H,10,12). The Balaban J connectivity index is 1.89. The molecule has 78 valence electrons. The second kappa shape index (κ2) is 4.65. The van der Waals surface area contributed by atoms with E-state index in [1.807, 2.05) is 11.8 Å². The molecule has 0 spiro atoms. The largest absolute Gasteiger partial charge is 0.407 e. The van der Waals surface area contributed by atoms with Gasteiger partial charge in [-0.3, -0.25) is 0 Å². The Morgan fingerprint density at radius 2 is 2.50 bits per heavy atom. The zero-order valence-electron chi connectivity index (χ0n) is 7.90. The van der Waals surface area contributed by atoms with Gasteiger partial charge in [-0.25, -0.2) is 0 Å². The molecular formula is C8H14N4OS. The number of aromatic nitrogens is 2. The van der Waals surface area contributed by atoms with Gasteiger partial charge in [0, 0.05) is 11.8 Å². The van der Waals surface area contributed by atoms with Gasteiger partial charge in [0.05, 0.1) is 6.54 Å². The van der Waals surface area contributed by atoms with E-state index in [0.717, 1.165) is 5.75 Å². The van der Waals surface area contributed by atoms with Crippen LogP contribution < -0.4 is 11.1 Å². The molecule has 0 amide bonds. The summed E-state index contributed by atoms with van der Waals surface area (Å²) in [4.78, 5) is 0. The molecule has 1 saturated heterocycles. The summed E-state index contributed by atoms with van der Waals surface area (Å²) in [7, 11) is 0. The number of rotatable bonds is 3. The molecule has 1 aromatic heterocycles. The first-order valence-electron chi connectivity index (χ1n) is 4.75. The van der Waals surface area contributed by atoms with Crippen molar-refractivity contribution >= 4 is 17.8 Å². The van der Waals surface area contributed by atoms with Crippen LogP contribution in [0.3, 0.4) is 0 Å². The van der Waals surface area contributed by atoms with Crippen LogP contribution >= 0.6 is 11.8 Å². The van der Waals surface area contributed by atoms with Gasteiger partial charge >= 0.3 is 6.01 Å². The first-order chi connectivity index (χ1) is 6.88. The van der Waals surface area contributed by atoms with E-state index < -0.39 is 0 Å². The highest BCUT2D eigenvalue weighted by Crippen LogP contribution is 2.20. The average molecular weight is 214 g/mol. The van der Waals surface area contributed by atoms with Gasteiger partial charge in [0.2, 0.25) is 5.89 Å². The normalized spacial score (nSPS) is 22.2. The fourth-order valence-electron chi connectivity index (χ4n) is 1.42. The predicted molar refractivity (Wildman–Crippen MR) is 56.2 cm³/mol. The van der Waals surface area contributed by atoms with Crippen molar-refractivity contribution in [2.45, 2.75) is 25.4 Å². The predicted octanol–water partition coefficient (Wildman–Crippen LogP) is 0.836. The molecule has 2 rings (SSSR count). The van der Waals surface area contributed by atoms with E-state index in [-0.39, 0.29) is 0 Å². The second-order valence-electron chi connectivity index (χ2n) is 3.26. The van der Waals surface area contributed by atoms with Crippen molar-refractivity contribution in [3.05, 3.63) is 5.89 Å². The Morgan fingerprint density at radius 1 is 1.57 bits per heavy atom. The lowest BCUT2D eigenvalue weighted by Gasteiger charge is -2.20. The van der Waals surface area contributed by atoms with Crippen LogP contribution in [-0.2, 0) is 6.54 Å². The zero-order chi connectivity index (χ0) is 9.80. The smallest absolute Gasteiger partial charge is 0.315 e. The minimum Gasteiger partial charge on any atom is -0.407 e. The van der Waals surface area contributed by atoms with E-state index in [9.17, 15) is 0 Å². The molecule has 14 heavy (non-hydrogen) atoms. The maximum atomic E-state index is 5.37. The van der Waals surface area contributed by atoms with Gasteiger partial charge in [-0.1, -0.05) is 5.10 Å². The molecule has 3 N–H and O–H groups in total. The number of nitrogens with one attached hydrogen (secondary N) is 1. The molecule has 1 aromatic rings. The van der Waals surface area contributed by atoms with Gasteiger partial charge in [-0.15, -0.1) is 5.10 Å². The summed E-state index contributed by atoms with van der Waals surface area (Å²) in [5.41, 5.74) is 5.37. The fraction of sp³-hybridized carbons (Fsp3) is 0.750. The molecule has 0 radical (unpaired) electrons. The summed E-state index contributed by atoms with van der Waals surface area (Å²) < 4.78 is 5.27. The molecule has 1 atom stereocenters. The van der Waals surface area contributed by atoms with Crippen LogP contribution in [0, 0.1) is 0 Å². The maximum Gasteiger partial charge on any atom is 0.315 e. The quantitative estimate of drug-likeness (QED) is 0.776. The molecule has 1 aliphatic heterocycles. The highest BCUT2D eigenvalue weighted by Gasteiger charge is 2.15. The number of nitrogens with two attached hydrogens (primary N) is 1. The molecule has 1 unspecified atom stereocenters. The molecule has 2 heterocycles. The van der Waals surface area contributed by atoms with E-state index in [1.54, 1.807) is 0 Å². The van der Waals surface area contributed by atoms with Gasteiger partial charge in [-0.05, 0) is 18.6 Å². The summed E-state index contributed by atoms with van der Waals surface area (Å²) in [6.07, 6.45) is 2.42. The first-order valence-corrected chi connectivity index (χ1v) is 5.90. The number of thioether (sulfide) groups is 1. The molecule has 0 bridgehead atoms. The van der Waals surface area contributed by atoms with Crippen molar-refractivity contribution in [1.29, 1.82) is 0 Å². The van der Waals surface area contributed by atoms with E-state index in [2.05, 4.69) is 15.5 Å². The lowest BCUT2D eigenvalue weighted by molar-refractivity contribution is 0.499. The Morgan fingerprint density at radius 3 is 3.14 bits per heavy atom. The minimum atomic E-state index is 0.300. The maximum absolute atomic E-state index is 5.37. The minimum absolute atomic E-state index is 0.300. The Kier molecular flexibility index (Phi) is 3.26. The third kappa shape index (κ3) is 2.39. The molecule has 0 aromatic carbocycles. The number of anilines is 1. The van der Waals surface area contributed by atoms with Crippen molar-refractivity contribution in [2.75, 3.05) is 16.8 Å². The summed E-state index contributed by atoms with van der Waals surface area (Å²) in [5.74, 6) is 2.85. The van der Waals surface area contributed by atoms with Gasteiger partial charge in [0.15, 0.2) is 0 Å². The number of nitrogens with zero attached hydrogens (tertiary/aromatic N) is 2. The third-order valence-corrected chi connectivity index (χ3v) is 3.34. The lowest BCUT2D eigenvalue weighted by Crippen LogP contribution is -2.25. The van der Waals surface area contributed by atoms with Crippen LogP contribution in [0.15, 0.2) is 4.42 Å². The fourth-order valence-corrected chi connectivity index (χ4v) is 2.50. The van der Waals surface area contributed by atoms with Crippen LogP contribution in [-0.4, -0.2) is 27.7 Å². The Labute approximate surface area is 86.8 Å². The highest BCUT2D eigenvalue weighted by atomic mass is 32.2. The molecule has 0 aliphatic carbocycles. The molecule has 6 heteroatoms. The summed E-state index contributed by atoms with van der Waals surface area (Å²) in [5, 5.41) is 10.9. The van der Waals surface area contributed by atoms with Crippen molar-refractivity contribution in [3.63, 3.8) is 0 Å². The van der Waals surface area contributed by atoms with E-state index >= 15 is 0 Å². The van der Waals surface area contributed by atoms with Crippen molar-refractivity contribution in [3.8, 4) is 0 Å².